The van der Waals surface area contributed by atoms with Crippen LogP contribution >= 0.6 is 0 Å². The van der Waals surface area contributed by atoms with Crippen LogP contribution in [0.2, 0.25) is 0 Å². The summed E-state index contributed by atoms with van der Waals surface area (Å²) in [4.78, 5) is 7.34. The predicted molar refractivity (Wildman–Crippen MR) is 45.1 cm³/mol. The zero-order valence-electron chi connectivity index (χ0n) is 6.50. The first-order valence-corrected chi connectivity index (χ1v) is 3.35. The molecule has 0 N–H and O–H groups in total. The second-order valence-corrected chi connectivity index (χ2v) is 1.87. The van der Waals surface area contributed by atoms with Gasteiger partial charge in [0.25, 0.3) is 0 Å². The first-order chi connectivity index (χ1) is 5.93. The molecule has 0 amide bonds. The average Bonchev–Trinajstić information content (AvgIpc) is 2.81. The van der Waals surface area contributed by atoms with Gasteiger partial charge in [0, 0.05) is 18.6 Å². The van der Waals surface area contributed by atoms with Crippen LogP contribution < -0.4 is 0 Å². The molecular formula is C8H9N3O. The summed E-state index contributed by atoms with van der Waals surface area (Å²) >= 11 is 0. The zero-order valence-corrected chi connectivity index (χ0v) is 6.50. The number of rotatable bonds is 1. The van der Waals surface area contributed by atoms with Crippen molar-refractivity contribution in [3.8, 4) is 0 Å². The van der Waals surface area contributed by atoms with Crippen molar-refractivity contribution in [2.24, 2.45) is 0 Å². The number of nitrogens with zero attached hydrogens (tertiary/aromatic N) is 3. The first-order valence-electron chi connectivity index (χ1n) is 3.35. The molecule has 0 saturated carbocycles. The normalized spacial score (nSPS) is 8.33. The van der Waals surface area contributed by atoms with E-state index in [9.17, 15) is 0 Å². The molecule has 0 aliphatic heterocycles. The molecule has 2 aromatic rings. The lowest BCUT2D eigenvalue weighted by molar-refractivity contribution is 0.558. The van der Waals surface area contributed by atoms with E-state index in [0.717, 1.165) is 0 Å². The Hall–Kier alpha value is -1.84. The Labute approximate surface area is 70.2 Å². The fraction of sp³-hybridized carbons (Fsp3) is 0. The van der Waals surface area contributed by atoms with Crippen LogP contribution in [0.5, 0.6) is 0 Å². The largest absolute Gasteiger partial charge is 0.452 e. The Morgan fingerprint density at radius 3 is 2.50 bits per heavy atom. The third-order valence-corrected chi connectivity index (χ3v) is 1.08. The molecule has 0 bridgehead atoms. The summed E-state index contributed by atoms with van der Waals surface area (Å²) in [6, 6.07) is 0. The number of oxazole rings is 1. The van der Waals surface area contributed by atoms with E-state index in [4.69, 9.17) is 0 Å². The van der Waals surface area contributed by atoms with Crippen LogP contribution in [-0.4, -0.2) is 14.5 Å². The highest BCUT2D eigenvalue weighted by Gasteiger charge is 1.73. The van der Waals surface area contributed by atoms with Gasteiger partial charge < -0.3 is 8.98 Å². The van der Waals surface area contributed by atoms with Crippen molar-refractivity contribution < 1.29 is 4.42 Å². The molecule has 0 atom stereocenters. The topological polar surface area (TPSA) is 43.9 Å². The molecule has 0 unspecified atom stereocenters. The second kappa shape index (κ2) is 4.90. The molecule has 0 fully saturated rings. The summed E-state index contributed by atoms with van der Waals surface area (Å²) in [6.07, 6.45) is 11.4. The van der Waals surface area contributed by atoms with Crippen molar-refractivity contribution in [2.45, 2.75) is 0 Å². The summed E-state index contributed by atoms with van der Waals surface area (Å²) in [7, 11) is 0. The van der Waals surface area contributed by atoms with Crippen LogP contribution in [0, 0.1) is 0 Å². The van der Waals surface area contributed by atoms with Crippen molar-refractivity contribution in [3.05, 3.63) is 44.2 Å². The van der Waals surface area contributed by atoms with Gasteiger partial charge in [-0.15, -0.1) is 0 Å². The summed E-state index contributed by atoms with van der Waals surface area (Å²) in [5, 5.41) is 0. The SMILES string of the molecule is C=Cn1ccnc1.c1cocn1. The van der Waals surface area contributed by atoms with Crippen LogP contribution in [0.1, 0.15) is 0 Å². The second-order valence-electron chi connectivity index (χ2n) is 1.87. The van der Waals surface area contributed by atoms with Crippen LogP contribution in [-0.2, 0) is 0 Å². The minimum atomic E-state index is 1.38. The van der Waals surface area contributed by atoms with E-state index in [1.54, 1.807) is 29.5 Å². The zero-order chi connectivity index (χ0) is 8.65. The summed E-state index contributed by atoms with van der Waals surface area (Å²) in [5.74, 6) is 0. The molecule has 62 valence electrons. The Kier molecular flexibility index (Phi) is 3.37. The number of aromatic nitrogens is 3. The van der Waals surface area contributed by atoms with Gasteiger partial charge in [-0.1, -0.05) is 6.58 Å². The molecule has 0 spiro atoms. The average molecular weight is 163 g/mol. The monoisotopic (exact) mass is 163 g/mol. The molecule has 0 aliphatic rings. The van der Waals surface area contributed by atoms with Crippen LogP contribution in [0.25, 0.3) is 6.20 Å². The minimum Gasteiger partial charge on any atom is -0.452 e. The summed E-state index contributed by atoms with van der Waals surface area (Å²) < 4.78 is 6.25. The number of hydrogen-bond donors (Lipinski definition) is 0. The van der Waals surface area contributed by atoms with Gasteiger partial charge in [0.2, 0.25) is 0 Å². The van der Waals surface area contributed by atoms with Gasteiger partial charge in [-0.05, 0) is 0 Å². The lowest BCUT2D eigenvalue weighted by Crippen LogP contribution is -1.73. The lowest BCUT2D eigenvalue weighted by atomic mass is 10.9. The van der Waals surface area contributed by atoms with Gasteiger partial charge in [-0.25, -0.2) is 9.97 Å². The van der Waals surface area contributed by atoms with Crippen LogP contribution in [0.3, 0.4) is 0 Å². The van der Waals surface area contributed by atoms with Crippen molar-refractivity contribution in [1.82, 2.24) is 14.5 Å². The fourth-order valence-electron chi connectivity index (χ4n) is 0.553. The van der Waals surface area contributed by atoms with Crippen LogP contribution in [0.15, 0.2) is 48.6 Å². The van der Waals surface area contributed by atoms with E-state index in [2.05, 4.69) is 21.0 Å². The molecule has 0 radical (unpaired) electrons. The standard InChI is InChI=1S/C5H6N2.C3H3NO/c1-2-7-4-3-6-5-7;1-2-5-3-4-1/h2-5H,1H2;1-3H. The van der Waals surface area contributed by atoms with Gasteiger partial charge in [0.1, 0.15) is 6.26 Å². The van der Waals surface area contributed by atoms with E-state index < -0.39 is 0 Å². The number of imidazole rings is 1. The number of hydrogen-bond acceptors (Lipinski definition) is 3. The van der Waals surface area contributed by atoms with Crippen LogP contribution in [0.4, 0.5) is 0 Å². The quantitative estimate of drug-likeness (QED) is 0.642. The molecule has 12 heavy (non-hydrogen) atoms. The molecule has 2 heterocycles. The van der Waals surface area contributed by atoms with E-state index in [-0.39, 0.29) is 0 Å². The predicted octanol–water partition coefficient (Wildman–Crippen LogP) is 1.66. The maximum absolute atomic E-state index is 4.47. The molecule has 0 aliphatic carbocycles. The van der Waals surface area contributed by atoms with Gasteiger partial charge in [0.15, 0.2) is 6.39 Å². The van der Waals surface area contributed by atoms with Crippen molar-refractivity contribution in [1.29, 1.82) is 0 Å². The molecule has 0 aromatic carbocycles. The van der Waals surface area contributed by atoms with Gasteiger partial charge in [-0.3, -0.25) is 0 Å². The van der Waals surface area contributed by atoms with Gasteiger partial charge in [0.05, 0.1) is 12.5 Å². The Bertz CT molecular complexity index is 269. The Balaban J connectivity index is 0.000000127. The Morgan fingerprint density at radius 2 is 2.25 bits per heavy atom. The van der Waals surface area contributed by atoms with Crippen molar-refractivity contribution >= 4 is 6.20 Å². The minimum absolute atomic E-state index is 1.38. The van der Waals surface area contributed by atoms with E-state index in [0.29, 0.717) is 0 Å². The third kappa shape index (κ3) is 2.83. The molecular weight excluding hydrogens is 154 g/mol. The highest BCUT2D eigenvalue weighted by molar-refractivity contribution is 5.14. The molecule has 2 rings (SSSR count). The maximum Gasteiger partial charge on any atom is 0.180 e. The molecule has 2 aromatic heterocycles. The summed E-state index contributed by atoms with van der Waals surface area (Å²) in [5.41, 5.74) is 0. The first kappa shape index (κ1) is 8.26. The van der Waals surface area contributed by atoms with Gasteiger partial charge >= 0.3 is 0 Å². The lowest BCUT2D eigenvalue weighted by Gasteiger charge is -1.80. The van der Waals surface area contributed by atoms with E-state index in [1.165, 1.54) is 12.7 Å². The Morgan fingerprint density at radius 1 is 1.33 bits per heavy atom. The van der Waals surface area contributed by atoms with E-state index in [1.807, 2.05) is 6.20 Å². The smallest absolute Gasteiger partial charge is 0.180 e. The summed E-state index contributed by atoms with van der Waals surface area (Å²) in [6.45, 7) is 3.53. The van der Waals surface area contributed by atoms with E-state index >= 15 is 0 Å². The highest BCUT2D eigenvalue weighted by atomic mass is 16.3. The highest BCUT2D eigenvalue weighted by Crippen LogP contribution is 1.81. The molecule has 4 nitrogen and oxygen atoms in total. The maximum atomic E-state index is 4.47. The fourth-order valence-corrected chi connectivity index (χ4v) is 0.553. The van der Waals surface area contributed by atoms with Gasteiger partial charge in [-0.2, -0.15) is 0 Å². The molecule has 0 saturated heterocycles. The van der Waals surface area contributed by atoms with Crippen molar-refractivity contribution in [2.75, 3.05) is 0 Å². The third-order valence-electron chi connectivity index (χ3n) is 1.08. The van der Waals surface area contributed by atoms with Crippen molar-refractivity contribution in [3.63, 3.8) is 0 Å². The molecule has 4 heteroatoms.